The molecule has 0 bridgehead atoms. The van der Waals surface area contributed by atoms with E-state index in [9.17, 15) is 9.59 Å². The molecular weight excluding hydrogens is 200 g/mol. The molecule has 1 unspecified atom stereocenters. The molecule has 0 aromatic carbocycles. The van der Waals surface area contributed by atoms with Crippen LogP contribution in [0.3, 0.4) is 0 Å². The van der Waals surface area contributed by atoms with Gasteiger partial charge in [-0.3, -0.25) is 9.59 Å². The lowest BCUT2D eigenvalue weighted by molar-refractivity contribution is -0.367. The fourth-order valence-corrected chi connectivity index (χ4v) is 1.22. The number of cyclic esters (lactones) is 2. The molecule has 1 aliphatic rings. The lowest BCUT2D eigenvalue weighted by atomic mass is 10.3. The molecule has 0 N–H and O–H groups in total. The minimum Gasteiger partial charge on any atom is -0.397 e. The Morgan fingerprint density at radius 1 is 1.33 bits per heavy atom. The maximum atomic E-state index is 11.1. The number of rotatable bonds is 4. The van der Waals surface area contributed by atoms with Crippen LogP contribution in [0.25, 0.3) is 0 Å². The van der Waals surface area contributed by atoms with Gasteiger partial charge in [0.05, 0.1) is 12.5 Å². The number of esters is 2. The molecule has 0 aliphatic carbocycles. The monoisotopic (exact) mass is 216 g/mol. The zero-order valence-corrected chi connectivity index (χ0v) is 9.24. The third kappa shape index (κ3) is 2.92. The van der Waals surface area contributed by atoms with Gasteiger partial charge in [0.25, 0.3) is 0 Å². The minimum atomic E-state index is -1.51. The summed E-state index contributed by atoms with van der Waals surface area (Å²) >= 11 is 0. The van der Waals surface area contributed by atoms with Crippen LogP contribution in [0, 0.1) is 0 Å². The highest BCUT2D eigenvalue weighted by atomic mass is 16.9. The molecule has 15 heavy (non-hydrogen) atoms. The first-order valence-corrected chi connectivity index (χ1v) is 5.13. The van der Waals surface area contributed by atoms with Crippen molar-refractivity contribution in [3.8, 4) is 0 Å². The molecule has 1 atom stereocenters. The van der Waals surface area contributed by atoms with Crippen molar-refractivity contribution in [2.24, 2.45) is 0 Å². The molecular formula is C10H16O5. The van der Waals surface area contributed by atoms with Gasteiger partial charge in [0, 0.05) is 0 Å². The Labute approximate surface area is 88.7 Å². The smallest absolute Gasteiger partial charge is 0.375 e. The van der Waals surface area contributed by atoms with E-state index in [1.54, 1.807) is 6.92 Å². The van der Waals surface area contributed by atoms with Crippen LogP contribution in [0.4, 0.5) is 0 Å². The third-order valence-electron chi connectivity index (χ3n) is 2.22. The van der Waals surface area contributed by atoms with E-state index in [2.05, 4.69) is 0 Å². The maximum Gasteiger partial charge on any atom is 0.375 e. The van der Waals surface area contributed by atoms with Crippen LogP contribution in [0.1, 0.15) is 40.0 Å². The van der Waals surface area contributed by atoms with E-state index in [0.717, 1.165) is 6.42 Å². The van der Waals surface area contributed by atoms with Crippen molar-refractivity contribution in [2.75, 3.05) is 0 Å². The zero-order chi connectivity index (χ0) is 11.5. The van der Waals surface area contributed by atoms with Crippen LogP contribution < -0.4 is 0 Å². The van der Waals surface area contributed by atoms with E-state index in [-0.39, 0.29) is 18.9 Å². The van der Waals surface area contributed by atoms with Crippen LogP contribution in [0.15, 0.2) is 0 Å². The van der Waals surface area contributed by atoms with E-state index in [4.69, 9.17) is 14.2 Å². The topological polar surface area (TPSA) is 61.8 Å². The minimum absolute atomic E-state index is 0.136. The van der Waals surface area contributed by atoms with Crippen molar-refractivity contribution in [2.45, 2.75) is 52.1 Å². The standard InChI is InChI=1S/C10H16O5/c1-4-7(3)13-10(5-2)14-8(11)6-9(12)15-10/h7H,4-6H2,1-3H3. The molecule has 5 heteroatoms. The molecule has 1 fully saturated rings. The molecule has 1 saturated heterocycles. The van der Waals surface area contributed by atoms with Gasteiger partial charge in [-0.25, -0.2) is 0 Å². The van der Waals surface area contributed by atoms with E-state index >= 15 is 0 Å². The molecule has 0 amide bonds. The van der Waals surface area contributed by atoms with Gasteiger partial charge < -0.3 is 14.2 Å². The molecule has 0 radical (unpaired) electrons. The number of hydrogen-bond donors (Lipinski definition) is 0. The Morgan fingerprint density at radius 2 is 1.87 bits per heavy atom. The second kappa shape index (κ2) is 4.61. The first-order valence-electron chi connectivity index (χ1n) is 5.13. The van der Waals surface area contributed by atoms with Crippen molar-refractivity contribution >= 4 is 11.9 Å². The number of ether oxygens (including phenoxy) is 3. The van der Waals surface area contributed by atoms with Gasteiger partial charge >= 0.3 is 17.9 Å². The van der Waals surface area contributed by atoms with E-state index in [1.807, 2.05) is 13.8 Å². The maximum absolute atomic E-state index is 11.1. The molecule has 0 saturated carbocycles. The van der Waals surface area contributed by atoms with Crippen LogP contribution in [-0.4, -0.2) is 24.0 Å². The van der Waals surface area contributed by atoms with Gasteiger partial charge in [-0.1, -0.05) is 13.8 Å². The lowest BCUT2D eigenvalue weighted by Crippen LogP contribution is -2.48. The third-order valence-corrected chi connectivity index (χ3v) is 2.22. The van der Waals surface area contributed by atoms with E-state index < -0.39 is 17.9 Å². The quantitative estimate of drug-likeness (QED) is 0.524. The van der Waals surface area contributed by atoms with Gasteiger partial charge in [-0.15, -0.1) is 0 Å². The largest absolute Gasteiger partial charge is 0.397 e. The SMILES string of the molecule is CCC(C)OC1(CC)OC(=O)CC(=O)O1. The van der Waals surface area contributed by atoms with Crippen LogP contribution in [-0.2, 0) is 23.8 Å². The van der Waals surface area contributed by atoms with Crippen LogP contribution in [0.5, 0.6) is 0 Å². The summed E-state index contributed by atoms with van der Waals surface area (Å²) in [6.45, 7) is 5.49. The molecule has 0 spiro atoms. The summed E-state index contributed by atoms with van der Waals surface area (Å²) in [5.74, 6) is -2.71. The molecule has 0 aromatic rings. The molecule has 1 heterocycles. The summed E-state index contributed by atoms with van der Waals surface area (Å²) in [5, 5.41) is 0. The molecule has 86 valence electrons. The zero-order valence-electron chi connectivity index (χ0n) is 9.24. The van der Waals surface area contributed by atoms with Crippen molar-refractivity contribution in [3.63, 3.8) is 0 Å². The number of carbonyl (C=O) groups is 2. The fourth-order valence-electron chi connectivity index (χ4n) is 1.22. The van der Waals surface area contributed by atoms with Crippen LogP contribution in [0.2, 0.25) is 0 Å². The van der Waals surface area contributed by atoms with Crippen molar-refractivity contribution < 1.29 is 23.8 Å². The fraction of sp³-hybridized carbons (Fsp3) is 0.800. The van der Waals surface area contributed by atoms with Gasteiger partial charge in [0.15, 0.2) is 0 Å². The molecule has 1 rings (SSSR count). The van der Waals surface area contributed by atoms with Gasteiger partial charge in [-0.2, -0.15) is 0 Å². The molecule has 1 aliphatic heterocycles. The highest BCUT2D eigenvalue weighted by Gasteiger charge is 2.44. The average molecular weight is 216 g/mol. The summed E-state index contributed by atoms with van der Waals surface area (Å²) in [5.41, 5.74) is 0. The predicted molar refractivity (Wildman–Crippen MR) is 50.7 cm³/mol. The van der Waals surface area contributed by atoms with Crippen molar-refractivity contribution in [3.05, 3.63) is 0 Å². The second-order valence-electron chi connectivity index (χ2n) is 3.50. The Kier molecular flexibility index (Phi) is 3.68. The van der Waals surface area contributed by atoms with Gasteiger partial charge in [-0.05, 0) is 13.3 Å². The first-order chi connectivity index (χ1) is 7.01. The predicted octanol–water partition coefficient (Wildman–Crippen LogP) is 1.36. The Balaban J connectivity index is 2.74. The van der Waals surface area contributed by atoms with Crippen molar-refractivity contribution in [1.29, 1.82) is 0 Å². The summed E-state index contributed by atoms with van der Waals surface area (Å²) in [6.07, 6.45) is 0.556. The van der Waals surface area contributed by atoms with Crippen molar-refractivity contribution in [1.82, 2.24) is 0 Å². The summed E-state index contributed by atoms with van der Waals surface area (Å²) in [7, 11) is 0. The van der Waals surface area contributed by atoms with Crippen LogP contribution >= 0.6 is 0 Å². The Morgan fingerprint density at radius 3 is 2.27 bits per heavy atom. The van der Waals surface area contributed by atoms with Gasteiger partial charge in [0.1, 0.15) is 6.42 Å². The lowest BCUT2D eigenvalue weighted by Gasteiger charge is -2.35. The number of carbonyl (C=O) groups excluding carboxylic acids is 2. The Bertz CT molecular complexity index is 245. The van der Waals surface area contributed by atoms with Gasteiger partial charge in [0.2, 0.25) is 0 Å². The average Bonchev–Trinajstić information content (AvgIpc) is 2.16. The number of hydrogen-bond acceptors (Lipinski definition) is 5. The summed E-state index contributed by atoms with van der Waals surface area (Å²) in [6, 6.07) is 0. The summed E-state index contributed by atoms with van der Waals surface area (Å²) < 4.78 is 15.4. The second-order valence-corrected chi connectivity index (χ2v) is 3.50. The molecule has 5 nitrogen and oxygen atoms in total. The first kappa shape index (κ1) is 12.0. The molecule has 0 aromatic heterocycles. The highest BCUT2D eigenvalue weighted by molar-refractivity contribution is 5.92. The van der Waals surface area contributed by atoms with E-state index in [1.165, 1.54) is 0 Å². The Hall–Kier alpha value is -1.10. The van der Waals surface area contributed by atoms with E-state index in [0.29, 0.717) is 0 Å². The highest BCUT2D eigenvalue weighted by Crippen LogP contribution is 2.27. The normalized spacial score (nSPS) is 21.8. The summed E-state index contributed by atoms with van der Waals surface area (Å²) in [4.78, 5) is 22.2.